The van der Waals surface area contributed by atoms with Gasteiger partial charge in [0.05, 0.1) is 53.5 Å². The van der Waals surface area contributed by atoms with Crippen molar-refractivity contribution in [2.75, 3.05) is 36.5 Å². The van der Waals surface area contributed by atoms with E-state index in [1.807, 2.05) is 36.4 Å². The molecular formula is C26H24F2N6O2. The van der Waals surface area contributed by atoms with Gasteiger partial charge in [0.25, 0.3) is 12.3 Å². The summed E-state index contributed by atoms with van der Waals surface area (Å²) in [6.45, 7) is 3.41. The van der Waals surface area contributed by atoms with Gasteiger partial charge in [-0.05, 0) is 48.6 Å². The quantitative estimate of drug-likeness (QED) is 0.433. The van der Waals surface area contributed by atoms with Crippen molar-refractivity contribution in [2.24, 2.45) is 5.41 Å². The molecule has 0 bridgehead atoms. The molecule has 0 atom stereocenters. The number of alkyl halides is 2. The number of hydrogen-bond donors (Lipinski definition) is 1. The number of nitrogens with one attached hydrogen (secondary N) is 1. The molecule has 1 aliphatic carbocycles. The van der Waals surface area contributed by atoms with Crippen LogP contribution in [0.3, 0.4) is 0 Å². The molecule has 3 aromatic heterocycles. The summed E-state index contributed by atoms with van der Waals surface area (Å²) in [5.41, 5.74) is 3.58. The van der Waals surface area contributed by atoms with E-state index < -0.39 is 18.0 Å². The summed E-state index contributed by atoms with van der Waals surface area (Å²) < 4.78 is 36.0. The highest BCUT2D eigenvalue weighted by Gasteiger charge is 2.49. The molecule has 1 aromatic carbocycles. The first-order valence-electron chi connectivity index (χ1n) is 12.1. The number of nitrogens with zero attached hydrogens (tertiary/aromatic N) is 5. The Morgan fingerprint density at radius 3 is 2.56 bits per heavy atom. The fourth-order valence-corrected chi connectivity index (χ4v) is 5.14. The maximum absolute atomic E-state index is 13.8. The number of carbonyl (C=O) groups excluding carboxylic acids is 1. The van der Waals surface area contributed by atoms with E-state index >= 15 is 0 Å². The first-order chi connectivity index (χ1) is 17.5. The second-order valence-corrected chi connectivity index (χ2v) is 10.1. The number of halogens is 2. The van der Waals surface area contributed by atoms with Gasteiger partial charge in [-0.15, -0.1) is 0 Å². The van der Waals surface area contributed by atoms with Gasteiger partial charge >= 0.3 is 0 Å². The van der Waals surface area contributed by atoms with Gasteiger partial charge in [0.15, 0.2) is 5.69 Å². The Morgan fingerprint density at radius 1 is 1.11 bits per heavy atom. The van der Waals surface area contributed by atoms with E-state index in [2.05, 4.69) is 20.4 Å². The van der Waals surface area contributed by atoms with Crippen molar-refractivity contribution in [3.05, 3.63) is 71.8 Å². The Bertz CT molecular complexity index is 1460. The number of pyridine rings is 1. The number of benzene rings is 1. The maximum atomic E-state index is 13.8. The molecular weight excluding hydrogens is 466 g/mol. The van der Waals surface area contributed by atoms with Gasteiger partial charge in [-0.25, -0.2) is 18.0 Å². The van der Waals surface area contributed by atoms with Gasteiger partial charge in [-0.1, -0.05) is 12.1 Å². The molecule has 0 radical (unpaired) electrons. The second-order valence-electron chi connectivity index (χ2n) is 10.1. The lowest BCUT2D eigenvalue weighted by Crippen LogP contribution is -2.66. The highest BCUT2D eigenvalue weighted by atomic mass is 19.3. The van der Waals surface area contributed by atoms with E-state index in [1.165, 1.54) is 35.5 Å². The topological polar surface area (TPSA) is 76.7 Å². The van der Waals surface area contributed by atoms with E-state index in [0.717, 1.165) is 32.0 Å². The summed E-state index contributed by atoms with van der Waals surface area (Å²) in [4.78, 5) is 15.4. The number of ether oxygens (including phenoxy) is 1. The molecule has 184 valence electrons. The van der Waals surface area contributed by atoms with Gasteiger partial charge < -0.3 is 15.0 Å². The van der Waals surface area contributed by atoms with E-state index in [-0.39, 0.29) is 11.1 Å². The molecule has 1 amide bonds. The molecule has 36 heavy (non-hydrogen) atoms. The normalized spacial score (nSPS) is 18.5. The average molecular weight is 491 g/mol. The van der Waals surface area contributed by atoms with Crippen LogP contribution in [0.4, 0.5) is 20.2 Å². The van der Waals surface area contributed by atoms with Crippen LogP contribution < -0.4 is 10.2 Å². The first kappa shape index (κ1) is 21.5. The van der Waals surface area contributed by atoms with Crippen molar-refractivity contribution >= 4 is 22.8 Å². The largest absolute Gasteiger partial charge is 0.380 e. The van der Waals surface area contributed by atoms with Crippen LogP contribution in [0.15, 0.2) is 55.0 Å². The summed E-state index contributed by atoms with van der Waals surface area (Å²) in [7, 11) is 0. The molecule has 0 unspecified atom stereocenters. The molecule has 2 aliphatic heterocycles. The average Bonchev–Trinajstić information content (AvgIpc) is 3.44. The Hall–Kier alpha value is -3.79. The van der Waals surface area contributed by atoms with Crippen LogP contribution in [-0.2, 0) is 4.74 Å². The number of hydrogen-bond acceptors (Lipinski definition) is 5. The highest BCUT2D eigenvalue weighted by Crippen LogP contribution is 2.41. The van der Waals surface area contributed by atoms with Crippen molar-refractivity contribution in [1.29, 1.82) is 0 Å². The fraction of sp³-hybridized carbons (Fsp3) is 0.346. The number of aromatic nitrogens is 4. The molecule has 3 fully saturated rings. The van der Waals surface area contributed by atoms with Gasteiger partial charge in [0.1, 0.15) is 0 Å². The maximum Gasteiger partial charge on any atom is 0.284 e. The molecule has 1 saturated carbocycles. The van der Waals surface area contributed by atoms with E-state index in [9.17, 15) is 13.6 Å². The molecule has 1 N–H and O–H groups in total. The molecule has 8 nitrogen and oxygen atoms in total. The lowest BCUT2D eigenvalue weighted by molar-refractivity contribution is -0.127. The minimum Gasteiger partial charge on any atom is -0.380 e. The Morgan fingerprint density at radius 2 is 1.89 bits per heavy atom. The molecule has 7 rings (SSSR count). The Balaban J connectivity index is 1.14. The molecule has 4 aromatic rings. The van der Waals surface area contributed by atoms with Crippen molar-refractivity contribution < 1.29 is 18.3 Å². The van der Waals surface area contributed by atoms with Crippen molar-refractivity contribution in [3.63, 3.8) is 0 Å². The van der Waals surface area contributed by atoms with Crippen LogP contribution in [-0.4, -0.2) is 51.6 Å². The van der Waals surface area contributed by atoms with Crippen LogP contribution in [0.2, 0.25) is 0 Å². The lowest BCUT2D eigenvalue weighted by Gasteiger charge is -2.56. The monoisotopic (exact) mass is 490 g/mol. The van der Waals surface area contributed by atoms with Crippen LogP contribution >= 0.6 is 0 Å². The second kappa shape index (κ2) is 7.86. The molecule has 2 saturated heterocycles. The predicted molar refractivity (Wildman–Crippen MR) is 129 cm³/mol. The van der Waals surface area contributed by atoms with E-state index in [0.29, 0.717) is 22.7 Å². The number of carbonyl (C=O) groups is 1. The third-order valence-electron chi connectivity index (χ3n) is 7.39. The van der Waals surface area contributed by atoms with Crippen LogP contribution in [0.5, 0.6) is 0 Å². The summed E-state index contributed by atoms with van der Waals surface area (Å²) in [6, 6.07) is 11.6. The molecule has 10 heteroatoms. The third-order valence-corrected chi connectivity index (χ3v) is 7.39. The minimum absolute atomic E-state index is 0.0218. The van der Waals surface area contributed by atoms with Crippen LogP contribution in [0, 0.1) is 5.41 Å². The molecule has 1 spiro atoms. The van der Waals surface area contributed by atoms with Crippen LogP contribution in [0.1, 0.15) is 46.8 Å². The van der Waals surface area contributed by atoms with Crippen molar-refractivity contribution in [2.45, 2.75) is 25.2 Å². The number of amides is 1. The standard InChI is InChI=1S/C26H24F2N6O2/c27-24(28)23-21(11-34(31-23)18-5-3-17(4-6-18)16-1-2-16)30-25(35)20-10-29-33-8-7-19(9-22(20)33)32-12-26(13-32)14-36-15-26/h3-11,16,24H,1-2,12-15H2,(H,30,35). The minimum atomic E-state index is -2.84. The molecule has 3 aliphatic rings. The Kier molecular flexibility index (Phi) is 4.69. The predicted octanol–water partition coefficient (Wildman–Crippen LogP) is 4.42. The summed E-state index contributed by atoms with van der Waals surface area (Å²) >= 11 is 0. The van der Waals surface area contributed by atoms with Crippen molar-refractivity contribution in [1.82, 2.24) is 19.4 Å². The first-order valence-corrected chi connectivity index (χ1v) is 12.1. The van der Waals surface area contributed by atoms with Gasteiger partial charge in [-0.2, -0.15) is 10.2 Å². The zero-order valence-electron chi connectivity index (χ0n) is 19.4. The number of fused-ring (bicyclic) bond motifs is 1. The zero-order chi connectivity index (χ0) is 24.4. The Labute approximate surface area is 205 Å². The smallest absolute Gasteiger partial charge is 0.284 e. The summed E-state index contributed by atoms with van der Waals surface area (Å²) in [5.74, 6) is 0.0871. The van der Waals surface area contributed by atoms with Crippen LogP contribution in [0.25, 0.3) is 11.2 Å². The van der Waals surface area contributed by atoms with Gasteiger partial charge in [0.2, 0.25) is 0 Å². The van der Waals surface area contributed by atoms with E-state index in [1.54, 1.807) is 10.7 Å². The van der Waals surface area contributed by atoms with Gasteiger partial charge in [-0.3, -0.25) is 4.79 Å². The van der Waals surface area contributed by atoms with E-state index in [4.69, 9.17) is 4.74 Å². The number of anilines is 2. The molecule has 5 heterocycles. The third kappa shape index (κ3) is 3.55. The zero-order valence-corrected chi connectivity index (χ0v) is 19.4. The fourth-order valence-electron chi connectivity index (χ4n) is 5.14. The van der Waals surface area contributed by atoms with Gasteiger partial charge in [0, 0.05) is 25.0 Å². The number of rotatable bonds is 6. The summed E-state index contributed by atoms with van der Waals surface area (Å²) in [6.07, 6.45) is 4.23. The SMILES string of the molecule is O=C(Nc1cn(-c2ccc(C3CC3)cc2)nc1C(F)F)c1cnn2ccc(N3CC4(COC4)C3)cc12. The van der Waals surface area contributed by atoms with Crippen molar-refractivity contribution in [3.8, 4) is 5.69 Å². The lowest BCUT2D eigenvalue weighted by atomic mass is 9.78. The highest BCUT2D eigenvalue weighted by molar-refractivity contribution is 6.09. The summed E-state index contributed by atoms with van der Waals surface area (Å²) in [5, 5.41) is 11.0.